The van der Waals surface area contributed by atoms with E-state index in [0.717, 1.165) is 6.42 Å². The fourth-order valence-corrected chi connectivity index (χ4v) is 2.08. The lowest BCUT2D eigenvalue weighted by Crippen LogP contribution is -2.46. The third-order valence-corrected chi connectivity index (χ3v) is 3.56. The molecular weight excluding hydrogens is 262 g/mol. The van der Waals surface area contributed by atoms with Crippen molar-refractivity contribution in [3.8, 4) is 0 Å². The zero-order valence-corrected chi connectivity index (χ0v) is 12.3. The number of carboxylic acids is 1. The van der Waals surface area contributed by atoms with Crippen LogP contribution in [0.3, 0.4) is 0 Å². The number of amides is 3. The molecule has 1 aliphatic heterocycles. The summed E-state index contributed by atoms with van der Waals surface area (Å²) in [6.07, 6.45) is 0.724. The summed E-state index contributed by atoms with van der Waals surface area (Å²) >= 11 is 0. The molecule has 1 rings (SSSR count). The van der Waals surface area contributed by atoms with Gasteiger partial charge in [0, 0.05) is 26.7 Å². The number of carbonyl (C=O) groups is 3. The summed E-state index contributed by atoms with van der Waals surface area (Å²) in [4.78, 5) is 37.8. The van der Waals surface area contributed by atoms with Crippen LogP contribution in [0.1, 0.15) is 20.3 Å². The third kappa shape index (κ3) is 4.40. The number of aliphatic carboxylic acids is 1. The predicted octanol–water partition coefficient (Wildman–Crippen LogP) is 0.217. The average Bonchev–Trinajstić information content (AvgIpc) is 2.51. The van der Waals surface area contributed by atoms with E-state index in [4.69, 9.17) is 5.11 Å². The van der Waals surface area contributed by atoms with Crippen molar-refractivity contribution >= 4 is 17.9 Å². The lowest BCUT2D eigenvalue weighted by atomic mass is 9.96. The fraction of sp³-hybridized carbons (Fsp3) is 0.769. The Labute approximate surface area is 118 Å². The lowest BCUT2D eigenvalue weighted by Gasteiger charge is -2.22. The van der Waals surface area contributed by atoms with Gasteiger partial charge in [-0.2, -0.15) is 0 Å². The zero-order valence-electron chi connectivity index (χ0n) is 12.3. The molecule has 2 N–H and O–H groups in total. The molecule has 1 aliphatic rings. The summed E-state index contributed by atoms with van der Waals surface area (Å²) in [5.74, 6) is -1.71. The molecular formula is C13H23N3O4. The first-order valence-electron chi connectivity index (χ1n) is 6.82. The van der Waals surface area contributed by atoms with Crippen molar-refractivity contribution in [2.45, 2.75) is 20.3 Å². The van der Waals surface area contributed by atoms with Crippen LogP contribution in [0.25, 0.3) is 0 Å². The summed E-state index contributed by atoms with van der Waals surface area (Å²) in [5, 5.41) is 11.7. The summed E-state index contributed by atoms with van der Waals surface area (Å²) in [6.45, 7) is 4.85. The molecule has 20 heavy (non-hydrogen) atoms. The number of urea groups is 1. The summed E-state index contributed by atoms with van der Waals surface area (Å²) in [6, 6.07) is -0.374. The van der Waals surface area contributed by atoms with Crippen molar-refractivity contribution in [3.05, 3.63) is 0 Å². The standard InChI is InChI=1S/C13H23N3O4/c1-9(2)10(12(18)19)7-14-13(20)16-6-4-5-15(3)11(17)8-16/h9-10H,4-8H2,1-3H3,(H,14,20)(H,18,19). The first-order valence-corrected chi connectivity index (χ1v) is 6.82. The topological polar surface area (TPSA) is 90.0 Å². The van der Waals surface area contributed by atoms with Gasteiger partial charge in [-0.3, -0.25) is 9.59 Å². The van der Waals surface area contributed by atoms with E-state index in [0.29, 0.717) is 13.1 Å². The first kappa shape index (κ1) is 16.3. The lowest BCUT2D eigenvalue weighted by molar-refractivity contribution is -0.143. The minimum absolute atomic E-state index is 0.0434. The number of nitrogens with zero attached hydrogens (tertiary/aromatic N) is 2. The molecule has 0 spiro atoms. The Morgan fingerprint density at radius 3 is 2.55 bits per heavy atom. The highest BCUT2D eigenvalue weighted by Crippen LogP contribution is 2.10. The zero-order chi connectivity index (χ0) is 15.3. The molecule has 0 aromatic rings. The van der Waals surface area contributed by atoms with Gasteiger partial charge in [-0.1, -0.05) is 13.8 Å². The average molecular weight is 285 g/mol. The molecule has 7 nitrogen and oxygen atoms in total. The Hall–Kier alpha value is -1.79. The van der Waals surface area contributed by atoms with Crippen molar-refractivity contribution in [1.29, 1.82) is 0 Å². The predicted molar refractivity (Wildman–Crippen MR) is 73.2 cm³/mol. The Morgan fingerprint density at radius 2 is 2.00 bits per heavy atom. The molecule has 0 bridgehead atoms. The van der Waals surface area contributed by atoms with E-state index in [1.165, 1.54) is 4.90 Å². The van der Waals surface area contributed by atoms with Crippen LogP contribution in [0.2, 0.25) is 0 Å². The molecule has 1 unspecified atom stereocenters. The Balaban J connectivity index is 2.53. The van der Waals surface area contributed by atoms with Crippen LogP contribution in [0.5, 0.6) is 0 Å². The molecule has 1 saturated heterocycles. The van der Waals surface area contributed by atoms with Crippen molar-refractivity contribution in [3.63, 3.8) is 0 Å². The van der Waals surface area contributed by atoms with Gasteiger partial charge in [-0.05, 0) is 12.3 Å². The molecule has 3 amide bonds. The van der Waals surface area contributed by atoms with Gasteiger partial charge in [0.2, 0.25) is 5.91 Å². The maximum absolute atomic E-state index is 12.0. The molecule has 1 heterocycles. The molecule has 114 valence electrons. The van der Waals surface area contributed by atoms with Crippen LogP contribution < -0.4 is 5.32 Å². The molecule has 0 aliphatic carbocycles. The molecule has 1 atom stereocenters. The maximum atomic E-state index is 12.0. The maximum Gasteiger partial charge on any atom is 0.317 e. The van der Waals surface area contributed by atoms with Crippen LogP contribution in [0.15, 0.2) is 0 Å². The van der Waals surface area contributed by atoms with Crippen molar-refractivity contribution in [2.24, 2.45) is 11.8 Å². The van der Waals surface area contributed by atoms with Gasteiger partial charge in [0.1, 0.15) is 6.54 Å². The van der Waals surface area contributed by atoms with Crippen LogP contribution in [0.4, 0.5) is 4.79 Å². The second kappa shape index (κ2) is 7.12. The number of hydrogen-bond acceptors (Lipinski definition) is 3. The summed E-state index contributed by atoms with van der Waals surface area (Å²) in [5.41, 5.74) is 0. The number of nitrogens with one attached hydrogen (secondary N) is 1. The van der Waals surface area contributed by atoms with E-state index in [2.05, 4.69) is 5.32 Å². The van der Waals surface area contributed by atoms with Crippen LogP contribution in [0, 0.1) is 11.8 Å². The number of rotatable bonds is 4. The Morgan fingerprint density at radius 1 is 1.35 bits per heavy atom. The van der Waals surface area contributed by atoms with Gasteiger partial charge in [0.25, 0.3) is 0 Å². The van der Waals surface area contributed by atoms with Crippen molar-refractivity contribution < 1.29 is 19.5 Å². The van der Waals surface area contributed by atoms with E-state index in [1.54, 1.807) is 25.8 Å². The van der Waals surface area contributed by atoms with Gasteiger partial charge in [0.15, 0.2) is 0 Å². The van der Waals surface area contributed by atoms with Gasteiger partial charge >= 0.3 is 12.0 Å². The highest BCUT2D eigenvalue weighted by Gasteiger charge is 2.26. The molecule has 0 aromatic heterocycles. The van der Waals surface area contributed by atoms with Crippen LogP contribution in [-0.4, -0.2) is 66.0 Å². The van der Waals surface area contributed by atoms with Gasteiger partial charge in [-0.25, -0.2) is 4.79 Å². The monoisotopic (exact) mass is 285 g/mol. The van der Waals surface area contributed by atoms with E-state index >= 15 is 0 Å². The third-order valence-electron chi connectivity index (χ3n) is 3.56. The molecule has 1 fully saturated rings. The smallest absolute Gasteiger partial charge is 0.317 e. The molecule has 0 radical (unpaired) electrons. The SMILES string of the molecule is CC(C)C(CNC(=O)N1CCCN(C)C(=O)C1)C(=O)O. The minimum atomic E-state index is -0.924. The van der Waals surface area contributed by atoms with Gasteiger partial charge < -0.3 is 20.2 Å². The molecule has 0 saturated carbocycles. The summed E-state index contributed by atoms with van der Waals surface area (Å²) in [7, 11) is 1.71. The van der Waals surface area contributed by atoms with Gasteiger partial charge in [-0.15, -0.1) is 0 Å². The number of carboxylic acid groups (broad SMARTS) is 1. The number of likely N-dealkylation sites (N-methyl/N-ethyl adjacent to an activating group) is 1. The fourth-order valence-electron chi connectivity index (χ4n) is 2.08. The minimum Gasteiger partial charge on any atom is -0.481 e. The number of hydrogen-bond donors (Lipinski definition) is 2. The van der Waals surface area contributed by atoms with Gasteiger partial charge in [0.05, 0.1) is 5.92 Å². The van der Waals surface area contributed by atoms with Crippen LogP contribution >= 0.6 is 0 Å². The Bertz CT molecular complexity index is 384. The van der Waals surface area contributed by atoms with Crippen LogP contribution in [-0.2, 0) is 9.59 Å². The summed E-state index contributed by atoms with van der Waals surface area (Å²) < 4.78 is 0. The largest absolute Gasteiger partial charge is 0.481 e. The highest BCUT2D eigenvalue weighted by molar-refractivity contribution is 5.84. The first-order chi connectivity index (χ1) is 9.32. The van der Waals surface area contributed by atoms with E-state index < -0.39 is 11.9 Å². The van der Waals surface area contributed by atoms with E-state index in [-0.39, 0.29) is 30.9 Å². The Kier molecular flexibility index (Phi) is 5.79. The van der Waals surface area contributed by atoms with E-state index in [1.807, 2.05) is 0 Å². The molecule has 0 aromatic carbocycles. The normalized spacial score (nSPS) is 17.9. The van der Waals surface area contributed by atoms with E-state index in [9.17, 15) is 14.4 Å². The quantitative estimate of drug-likeness (QED) is 0.773. The highest BCUT2D eigenvalue weighted by atomic mass is 16.4. The second-order valence-corrected chi connectivity index (χ2v) is 5.47. The van der Waals surface area contributed by atoms with Crippen molar-refractivity contribution in [1.82, 2.24) is 15.1 Å². The molecule has 7 heteroatoms. The second-order valence-electron chi connectivity index (χ2n) is 5.47. The number of carbonyl (C=O) groups excluding carboxylic acids is 2. The van der Waals surface area contributed by atoms with Crippen molar-refractivity contribution in [2.75, 3.05) is 33.2 Å².